The molecule has 2 aromatic carbocycles. The Bertz CT molecular complexity index is 743. The van der Waals surface area contributed by atoms with Gasteiger partial charge in [0.2, 0.25) is 0 Å². The second kappa shape index (κ2) is 3.60. The molecule has 17 heavy (non-hydrogen) atoms. The van der Waals surface area contributed by atoms with Crippen LogP contribution < -0.4 is 0 Å². The van der Waals surface area contributed by atoms with Crippen LogP contribution in [0.1, 0.15) is 10.4 Å². The second-order valence-electron chi connectivity index (χ2n) is 3.73. The van der Waals surface area contributed by atoms with Crippen LogP contribution in [0.3, 0.4) is 0 Å². The molecule has 0 unspecified atom stereocenters. The van der Waals surface area contributed by atoms with Gasteiger partial charge < -0.3 is 9.52 Å². The zero-order valence-corrected chi connectivity index (χ0v) is 10.2. The number of furan rings is 1. The monoisotopic (exact) mass is 290 g/mol. The Morgan fingerprint density at radius 3 is 2.76 bits per heavy atom. The third-order valence-corrected chi connectivity index (χ3v) is 3.18. The number of carboxylic acid groups (broad SMARTS) is 1. The van der Waals surface area contributed by atoms with Crippen LogP contribution in [-0.2, 0) is 0 Å². The molecule has 84 valence electrons. The Labute approximate surface area is 105 Å². The molecule has 3 rings (SSSR count). The molecule has 0 fully saturated rings. The molecule has 0 saturated heterocycles. The molecule has 0 atom stereocenters. The van der Waals surface area contributed by atoms with Gasteiger partial charge in [0, 0.05) is 15.2 Å². The van der Waals surface area contributed by atoms with Crippen molar-refractivity contribution in [3.8, 4) is 0 Å². The van der Waals surface area contributed by atoms with E-state index in [1.807, 2.05) is 24.3 Å². The van der Waals surface area contributed by atoms with Crippen LogP contribution in [-0.4, -0.2) is 11.1 Å². The van der Waals surface area contributed by atoms with Crippen molar-refractivity contribution in [1.82, 2.24) is 0 Å². The van der Waals surface area contributed by atoms with E-state index in [1.54, 1.807) is 12.1 Å². The first-order chi connectivity index (χ1) is 8.16. The smallest absolute Gasteiger partial charge is 0.339 e. The van der Waals surface area contributed by atoms with Gasteiger partial charge in [-0.3, -0.25) is 0 Å². The first-order valence-electron chi connectivity index (χ1n) is 5.01. The number of para-hydroxylation sites is 1. The van der Waals surface area contributed by atoms with Crippen molar-refractivity contribution >= 4 is 43.8 Å². The van der Waals surface area contributed by atoms with Crippen molar-refractivity contribution in [2.75, 3.05) is 0 Å². The number of carbonyl (C=O) groups is 1. The summed E-state index contributed by atoms with van der Waals surface area (Å²) in [5.74, 6) is -0.978. The number of hydrogen-bond donors (Lipinski definition) is 1. The first kappa shape index (κ1) is 10.4. The highest BCUT2D eigenvalue weighted by atomic mass is 79.9. The minimum Gasteiger partial charge on any atom is -0.478 e. The third-order valence-electron chi connectivity index (χ3n) is 2.69. The summed E-state index contributed by atoms with van der Waals surface area (Å²) < 4.78 is 6.52. The van der Waals surface area contributed by atoms with Gasteiger partial charge in [-0.25, -0.2) is 4.79 Å². The van der Waals surface area contributed by atoms with Crippen LogP contribution in [0.25, 0.3) is 21.9 Å². The molecule has 0 amide bonds. The van der Waals surface area contributed by atoms with Gasteiger partial charge in [0.15, 0.2) is 0 Å². The van der Waals surface area contributed by atoms with Crippen LogP contribution in [0.2, 0.25) is 0 Å². The van der Waals surface area contributed by atoms with Crippen LogP contribution in [0.5, 0.6) is 0 Å². The first-order valence-corrected chi connectivity index (χ1v) is 5.80. The predicted octanol–water partition coefficient (Wildman–Crippen LogP) is 4.05. The van der Waals surface area contributed by atoms with Crippen LogP contribution >= 0.6 is 15.9 Å². The normalized spacial score (nSPS) is 11.1. The van der Waals surface area contributed by atoms with Gasteiger partial charge >= 0.3 is 5.97 Å². The zero-order chi connectivity index (χ0) is 12.0. The Balaban J connectivity index is 2.50. The highest BCUT2D eigenvalue weighted by Crippen LogP contribution is 2.32. The summed E-state index contributed by atoms with van der Waals surface area (Å²) in [6.07, 6.45) is 0. The molecule has 3 nitrogen and oxygen atoms in total. The molecular weight excluding hydrogens is 284 g/mol. The van der Waals surface area contributed by atoms with Crippen molar-refractivity contribution in [3.63, 3.8) is 0 Å². The number of carboxylic acids is 1. The van der Waals surface area contributed by atoms with Gasteiger partial charge in [-0.15, -0.1) is 0 Å². The molecule has 0 bridgehead atoms. The van der Waals surface area contributed by atoms with E-state index in [9.17, 15) is 4.79 Å². The van der Waals surface area contributed by atoms with Gasteiger partial charge in [0.1, 0.15) is 16.7 Å². The van der Waals surface area contributed by atoms with Crippen LogP contribution in [0, 0.1) is 0 Å². The number of aromatic carboxylic acids is 1. The van der Waals surface area contributed by atoms with Gasteiger partial charge in [-0.2, -0.15) is 0 Å². The summed E-state index contributed by atoms with van der Waals surface area (Å²) in [6, 6.07) is 10.8. The lowest BCUT2D eigenvalue weighted by atomic mass is 10.1. The SMILES string of the molecule is O=C(O)c1cccc2c1oc1cc(Br)ccc12. The van der Waals surface area contributed by atoms with E-state index >= 15 is 0 Å². The number of hydrogen-bond acceptors (Lipinski definition) is 2. The van der Waals surface area contributed by atoms with E-state index in [2.05, 4.69) is 15.9 Å². The fraction of sp³-hybridized carbons (Fsp3) is 0. The third kappa shape index (κ3) is 1.52. The number of rotatable bonds is 1. The molecular formula is C13H7BrO3. The molecule has 3 aromatic rings. The number of fused-ring (bicyclic) bond motifs is 3. The standard InChI is InChI=1S/C13H7BrO3/c14-7-4-5-8-9-2-1-3-10(13(15)16)12(9)17-11(8)6-7/h1-6H,(H,15,16). The molecule has 1 aromatic heterocycles. The molecule has 0 spiro atoms. The molecule has 1 heterocycles. The lowest BCUT2D eigenvalue weighted by Crippen LogP contribution is -1.95. The maximum absolute atomic E-state index is 11.1. The van der Waals surface area contributed by atoms with E-state index in [0.717, 1.165) is 15.2 Å². The quantitative estimate of drug-likeness (QED) is 0.736. The second-order valence-corrected chi connectivity index (χ2v) is 4.65. The van der Waals surface area contributed by atoms with Crippen molar-refractivity contribution in [2.24, 2.45) is 0 Å². The van der Waals surface area contributed by atoms with E-state index in [4.69, 9.17) is 9.52 Å². The maximum Gasteiger partial charge on any atom is 0.339 e. The lowest BCUT2D eigenvalue weighted by Gasteiger charge is -1.94. The summed E-state index contributed by atoms with van der Waals surface area (Å²) >= 11 is 3.36. The lowest BCUT2D eigenvalue weighted by molar-refractivity contribution is 0.0698. The Kier molecular flexibility index (Phi) is 2.19. The van der Waals surface area contributed by atoms with Gasteiger partial charge in [0.25, 0.3) is 0 Å². The average molecular weight is 291 g/mol. The van der Waals surface area contributed by atoms with Gasteiger partial charge in [-0.05, 0) is 24.3 Å². The van der Waals surface area contributed by atoms with E-state index < -0.39 is 5.97 Å². The summed E-state index contributed by atoms with van der Waals surface area (Å²) in [5, 5.41) is 10.8. The molecule has 0 radical (unpaired) electrons. The highest BCUT2D eigenvalue weighted by Gasteiger charge is 2.14. The summed E-state index contributed by atoms with van der Waals surface area (Å²) in [4.78, 5) is 11.1. The molecule has 0 aliphatic carbocycles. The molecule has 0 saturated carbocycles. The van der Waals surface area contributed by atoms with Crippen molar-refractivity contribution < 1.29 is 14.3 Å². The maximum atomic E-state index is 11.1. The van der Waals surface area contributed by atoms with Crippen molar-refractivity contribution in [3.05, 3.63) is 46.4 Å². The van der Waals surface area contributed by atoms with Crippen molar-refractivity contribution in [1.29, 1.82) is 0 Å². The molecule has 1 N–H and O–H groups in total. The average Bonchev–Trinajstić information content (AvgIpc) is 2.65. The van der Waals surface area contributed by atoms with Crippen molar-refractivity contribution in [2.45, 2.75) is 0 Å². The van der Waals surface area contributed by atoms with E-state index in [-0.39, 0.29) is 5.56 Å². The van der Waals surface area contributed by atoms with Crippen LogP contribution in [0.15, 0.2) is 45.3 Å². The molecule has 0 aliphatic heterocycles. The summed E-state index contributed by atoms with van der Waals surface area (Å²) in [7, 11) is 0. The zero-order valence-electron chi connectivity index (χ0n) is 8.61. The minimum absolute atomic E-state index is 0.190. The van der Waals surface area contributed by atoms with Gasteiger partial charge in [0.05, 0.1) is 0 Å². The largest absolute Gasteiger partial charge is 0.478 e. The number of benzene rings is 2. The topological polar surface area (TPSA) is 50.4 Å². The van der Waals surface area contributed by atoms with Crippen LogP contribution in [0.4, 0.5) is 0 Å². The molecule has 4 heteroatoms. The summed E-state index contributed by atoms with van der Waals surface area (Å²) in [5.41, 5.74) is 1.30. The number of halogens is 1. The minimum atomic E-state index is -0.978. The highest BCUT2D eigenvalue weighted by molar-refractivity contribution is 9.10. The van der Waals surface area contributed by atoms with Gasteiger partial charge in [-0.1, -0.05) is 28.1 Å². The van der Waals surface area contributed by atoms with E-state index in [1.165, 1.54) is 0 Å². The fourth-order valence-electron chi connectivity index (χ4n) is 1.94. The Hall–Kier alpha value is -1.81. The fourth-order valence-corrected chi connectivity index (χ4v) is 2.28. The van der Waals surface area contributed by atoms with E-state index in [0.29, 0.717) is 11.2 Å². The Morgan fingerprint density at radius 2 is 2.00 bits per heavy atom. The summed E-state index contributed by atoms with van der Waals surface area (Å²) in [6.45, 7) is 0. The Morgan fingerprint density at radius 1 is 1.18 bits per heavy atom. The predicted molar refractivity (Wildman–Crippen MR) is 68.4 cm³/mol. The molecule has 0 aliphatic rings.